The van der Waals surface area contributed by atoms with Crippen LogP contribution in [0.3, 0.4) is 0 Å². The van der Waals surface area contributed by atoms with Crippen LogP contribution in [0.1, 0.15) is 156 Å². The van der Waals surface area contributed by atoms with Gasteiger partial charge in [-0.2, -0.15) is 0 Å². The van der Waals surface area contributed by atoms with Crippen molar-refractivity contribution in [1.29, 1.82) is 0 Å². The van der Waals surface area contributed by atoms with Crippen LogP contribution in [0, 0.1) is 0 Å². The molecule has 0 saturated carbocycles. The Morgan fingerprint density at radius 1 is 0.656 bits per heavy atom. The van der Waals surface area contributed by atoms with Gasteiger partial charge >= 0.3 is 5.97 Å². The highest BCUT2D eigenvalue weighted by Crippen LogP contribution is 2.16. The molecule has 0 aromatic carbocycles. The highest BCUT2D eigenvalue weighted by molar-refractivity contribution is 5.76. The van der Waals surface area contributed by atoms with Gasteiger partial charge in [0, 0.05) is 12.8 Å². The number of hydrogen-bond acceptors (Lipinski definition) is 3. The summed E-state index contributed by atoms with van der Waals surface area (Å²) in [5.41, 5.74) is 0. The van der Waals surface area contributed by atoms with Crippen molar-refractivity contribution >= 4 is 11.8 Å². The second kappa shape index (κ2) is 24.5. The molecule has 1 unspecified atom stereocenters. The van der Waals surface area contributed by atoms with Gasteiger partial charge in [-0.05, 0) is 51.9 Å². The van der Waals surface area contributed by atoms with E-state index >= 15 is 0 Å². The zero-order valence-corrected chi connectivity index (χ0v) is 21.8. The molecule has 0 spiro atoms. The lowest BCUT2D eigenvalue weighted by molar-refractivity contribution is -0.150. The van der Waals surface area contributed by atoms with E-state index in [0.29, 0.717) is 12.8 Å². The highest BCUT2D eigenvalue weighted by atomic mass is 16.5. The minimum atomic E-state index is -0.222. The molecule has 0 fully saturated rings. The quantitative estimate of drug-likeness (QED) is 0.0835. The highest BCUT2D eigenvalue weighted by Gasteiger charge is 2.16. The minimum absolute atomic E-state index is 0.111. The zero-order chi connectivity index (χ0) is 23.7. The van der Waals surface area contributed by atoms with Crippen LogP contribution in [-0.4, -0.2) is 17.9 Å². The van der Waals surface area contributed by atoms with E-state index in [1.807, 2.05) is 0 Å². The molecule has 0 aliphatic rings. The normalized spacial score (nSPS) is 12.3. The van der Waals surface area contributed by atoms with Crippen LogP contribution >= 0.6 is 0 Å². The topological polar surface area (TPSA) is 43.4 Å². The van der Waals surface area contributed by atoms with Gasteiger partial charge in [0.1, 0.15) is 11.9 Å². The summed E-state index contributed by atoms with van der Waals surface area (Å²) in [4.78, 5) is 23.8. The molecule has 0 saturated heterocycles. The average molecular weight is 451 g/mol. The third kappa shape index (κ3) is 23.5. The minimum Gasteiger partial charge on any atom is -0.462 e. The number of unbranched alkanes of at least 4 members (excludes halogenated alkanes) is 15. The van der Waals surface area contributed by atoms with Crippen LogP contribution < -0.4 is 0 Å². The van der Waals surface area contributed by atoms with Crippen LogP contribution in [0.25, 0.3) is 0 Å². The molecule has 0 N–H and O–H groups in total. The van der Waals surface area contributed by atoms with Crippen molar-refractivity contribution in [2.75, 3.05) is 0 Å². The zero-order valence-electron chi connectivity index (χ0n) is 21.8. The van der Waals surface area contributed by atoms with Gasteiger partial charge in [-0.15, -0.1) is 0 Å². The second-order valence-electron chi connectivity index (χ2n) is 9.56. The molecule has 0 heterocycles. The van der Waals surface area contributed by atoms with Crippen LogP contribution in [0.5, 0.6) is 0 Å². The molecule has 1 atom stereocenters. The standard InChI is InChI=1S/C29H54O3/c1-4-6-8-10-12-14-15-17-19-21-23-25-29(31)32-28(26-27(3)30)24-22-20-18-16-13-11-9-7-5-2/h14-15,28H,4-13,16-26H2,1-3H3/b15-14-. The molecule has 3 heteroatoms. The lowest BCUT2D eigenvalue weighted by atomic mass is 10.0. The Bertz CT molecular complexity index is 455. The molecule has 0 aromatic heterocycles. The predicted octanol–water partition coefficient (Wildman–Crippen LogP) is 9.28. The van der Waals surface area contributed by atoms with Crippen molar-refractivity contribution in [2.24, 2.45) is 0 Å². The molecule has 32 heavy (non-hydrogen) atoms. The van der Waals surface area contributed by atoms with Crippen LogP contribution in [0.15, 0.2) is 12.2 Å². The van der Waals surface area contributed by atoms with Crippen LogP contribution in [0.4, 0.5) is 0 Å². The molecule has 0 amide bonds. The maximum atomic E-state index is 12.2. The summed E-state index contributed by atoms with van der Waals surface area (Å²) in [6.07, 6.45) is 28.2. The number of ketones is 1. The van der Waals surface area contributed by atoms with Crippen molar-refractivity contribution in [1.82, 2.24) is 0 Å². The monoisotopic (exact) mass is 450 g/mol. The summed E-state index contributed by atoms with van der Waals surface area (Å²) >= 11 is 0. The fraction of sp³-hybridized carbons (Fsp3) is 0.862. The third-order valence-electron chi connectivity index (χ3n) is 6.09. The van der Waals surface area contributed by atoms with Gasteiger partial charge in [0.25, 0.3) is 0 Å². The van der Waals surface area contributed by atoms with E-state index in [1.54, 1.807) is 6.92 Å². The third-order valence-corrected chi connectivity index (χ3v) is 6.09. The Kier molecular flexibility index (Phi) is 23.7. The van der Waals surface area contributed by atoms with E-state index in [9.17, 15) is 9.59 Å². The molecule has 0 radical (unpaired) electrons. The first-order valence-electron chi connectivity index (χ1n) is 13.9. The van der Waals surface area contributed by atoms with E-state index in [-0.39, 0.29) is 17.9 Å². The average Bonchev–Trinajstić information content (AvgIpc) is 2.75. The summed E-state index contributed by atoms with van der Waals surface area (Å²) in [5, 5.41) is 0. The van der Waals surface area contributed by atoms with E-state index in [0.717, 1.165) is 38.5 Å². The van der Waals surface area contributed by atoms with Gasteiger partial charge in [0.15, 0.2) is 0 Å². The number of allylic oxidation sites excluding steroid dienone is 2. The number of carbonyl (C=O) groups is 2. The van der Waals surface area contributed by atoms with Crippen molar-refractivity contribution < 1.29 is 14.3 Å². The number of hydrogen-bond donors (Lipinski definition) is 0. The first kappa shape index (κ1) is 30.9. The SMILES string of the molecule is CCCCCC/C=C\CCCCCC(=O)OC(CCCCCCCCCCC)CC(C)=O. The first-order valence-corrected chi connectivity index (χ1v) is 13.9. The van der Waals surface area contributed by atoms with Crippen molar-refractivity contribution in [3.8, 4) is 0 Å². The summed E-state index contributed by atoms with van der Waals surface area (Å²) in [6.45, 7) is 6.08. The van der Waals surface area contributed by atoms with Gasteiger partial charge < -0.3 is 4.74 Å². The van der Waals surface area contributed by atoms with Gasteiger partial charge in [0.2, 0.25) is 0 Å². The number of carbonyl (C=O) groups excluding carboxylic acids is 2. The largest absolute Gasteiger partial charge is 0.462 e. The van der Waals surface area contributed by atoms with Crippen molar-refractivity contribution in [2.45, 2.75) is 162 Å². The molecule has 0 aromatic rings. The summed E-state index contributed by atoms with van der Waals surface area (Å²) in [5.74, 6) is -0.0150. The number of rotatable bonds is 24. The Morgan fingerprint density at radius 2 is 1.12 bits per heavy atom. The van der Waals surface area contributed by atoms with E-state index in [1.165, 1.54) is 83.5 Å². The van der Waals surface area contributed by atoms with Gasteiger partial charge in [-0.25, -0.2) is 0 Å². The summed E-state index contributed by atoms with van der Waals surface area (Å²) in [7, 11) is 0. The van der Waals surface area contributed by atoms with Crippen molar-refractivity contribution in [3.63, 3.8) is 0 Å². The molecule has 188 valence electrons. The van der Waals surface area contributed by atoms with Crippen molar-refractivity contribution in [3.05, 3.63) is 12.2 Å². The molecular formula is C29H54O3. The smallest absolute Gasteiger partial charge is 0.306 e. The fourth-order valence-corrected chi connectivity index (χ4v) is 4.08. The maximum absolute atomic E-state index is 12.2. The molecule has 0 rings (SSSR count). The molecule has 3 nitrogen and oxygen atoms in total. The van der Waals surface area contributed by atoms with Crippen LogP contribution in [0.2, 0.25) is 0 Å². The van der Waals surface area contributed by atoms with E-state index in [4.69, 9.17) is 4.74 Å². The number of esters is 1. The summed E-state index contributed by atoms with van der Waals surface area (Å²) < 4.78 is 5.65. The maximum Gasteiger partial charge on any atom is 0.306 e. The molecule has 0 bridgehead atoms. The lowest BCUT2D eigenvalue weighted by Gasteiger charge is -2.17. The lowest BCUT2D eigenvalue weighted by Crippen LogP contribution is -2.20. The summed E-state index contributed by atoms with van der Waals surface area (Å²) in [6, 6.07) is 0. The van der Waals surface area contributed by atoms with Gasteiger partial charge in [-0.3, -0.25) is 9.59 Å². The Balaban J connectivity index is 3.78. The molecule has 0 aliphatic carbocycles. The van der Waals surface area contributed by atoms with Gasteiger partial charge in [0.05, 0.1) is 0 Å². The molecule has 0 aliphatic heterocycles. The van der Waals surface area contributed by atoms with E-state index < -0.39 is 0 Å². The van der Waals surface area contributed by atoms with Gasteiger partial charge in [-0.1, -0.05) is 103 Å². The second-order valence-corrected chi connectivity index (χ2v) is 9.56. The first-order chi connectivity index (χ1) is 15.6. The Labute approximate surface area is 200 Å². The number of ether oxygens (including phenoxy) is 1. The number of Topliss-reactive ketones (excluding diaryl/α,β-unsaturated/α-hetero) is 1. The molecular weight excluding hydrogens is 396 g/mol. The Hall–Kier alpha value is -1.12. The van der Waals surface area contributed by atoms with E-state index in [2.05, 4.69) is 26.0 Å². The Morgan fingerprint density at radius 3 is 1.66 bits per heavy atom. The predicted molar refractivity (Wildman–Crippen MR) is 138 cm³/mol. The van der Waals surface area contributed by atoms with Crippen LogP contribution in [-0.2, 0) is 14.3 Å². The fourth-order valence-electron chi connectivity index (χ4n) is 4.08.